The normalized spacial score (nSPS) is 12.1. The van der Waals surface area contributed by atoms with Crippen molar-refractivity contribution < 1.29 is 4.42 Å². The summed E-state index contributed by atoms with van der Waals surface area (Å²) in [4.78, 5) is 15.6. The zero-order valence-corrected chi connectivity index (χ0v) is 26.8. The molecule has 0 saturated heterocycles. The van der Waals surface area contributed by atoms with Crippen molar-refractivity contribution >= 4 is 86.0 Å². The van der Waals surface area contributed by atoms with Crippen LogP contribution in [0.1, 0.15) is 0 Å². The molecule has 0 amide bonds. The number of hydrogen-bond acceptors (Lipinski definition) is 5. The second-order valence-electron chi connectivity index (χ2n) is 12.4. The minimum atomic E-state index is 0.565. The van der Waals surface area contributed by atoms with E-state index in [0.29, 0.717) is 17.6 Å². The molecule has 0 aliphatic rings. The summed E-state index contributed by atoms with van der Waals surface area (Å²) in [6.07, 6.45) is 0. The van der Waals surface area contributed by atoms with E-state index in [-0.39, 0.29) is 0 Å². The van der Waals surface area contributed by atoms with Gasteiger partial charge >= 0.3 is 0 Å². The second-order valence-corrected chi connectivity index (χ2v) is 13.4. The second kappa shape index (κ2) is 10.1. The summed E-state index contributed by atoms with van der Waals surface area (Å²) in [6.45, 7) is 0. The fraction of sp³-hybridized carbons (Fsp3) is 0. The van der Waals surface area contributed by atoms with Crippen LogP contribution >= 0.6 is 11.3 Å². The lowest BCUT2D eigenvalue weighted by molar-refractivity contribution is 0.673. The zero-order valence-electron chi connectivity index (χ0n) is 26.0. The van der Waals surface area contributed by atoms with Crippen molar-refractivity contribution in [2.24, 2.45) is 0 Å². The van der Waals surface area contributed by atoms with Gasteiger partial charge in [-0.25, -0.2) is 4.98 Å². The van der Waals surface area contributed by atoms with Crippen LogP contribution in [0.15, 0.2) is 150 Å². The quantitative estimate of drug-likeness (QED) is 0.192. The molecule has 7 aromatic carbocycles. The molecule has 0 unspecified atom stereocenters. The van der Waals surface area contributed by atoms with Crippen molar-refractivity contribution in [2.75, 3.05) is 0 Å². The molecule has 228 valence electrons. The van der Waals surface area contributed by atoms with Gasteiger partial charge in [-0.3, -0.25) is 4.57 Å². The monoisotopic (exact) mass is 644 g/mol. The Morgan fingerprint density at radius 2 is 1.20 bits per heavy atom. The third-order valence-electron chi connectivity index (χ3n) is 9.62. The van der Waals surface area contributed by atoms with Gasteiger partial charge < -0.3 is 4.42 Å². The average Bonchev–Trinajstić information content (AvgIpc) is 3.84. The Labute approximate surface area is 283 Å². The van der Waals surface area contributed by atoms with Crippen molar-refractivity contribution in [3.63, 3.8) is 0 Å². The number of thiophene rings is 1. The first-order valence-corrected chi connectivity index (χ1v) is 17.1. The summed E-state index contributed by atoms with van der Waals surface area (Å²) < 4.78 is 11.5. The Hall–Kier alpha value is -6.37. The topological polar surface area (TPSA) is 56.7 Å². The average molecular weight is 645 g/mol. The number of hydrogen-bond donors (Lipinski definition) is 0. The van der Waals surface area contributed by atoms with Crippen LogP contribution in [0.25, 0.3) is 103 Å². The molecule has 0 atom stereocenters. The predicted octanol–water partition coefficient (Wildman–Crippen LogP) is 11.7. The number of nitrogens with zero attached hydrogens (tertiary/aromatic N) is 4. The SMILES string of the molecule is c1ccc(-c2nc(-c3ccc4ccccc4c3)nc(-n3c4ccccc4c4c5sc6ccccc6c5c5oc6ccccc6c5c43)n2)cc1. The standard InChI is InChI=1S/C43H24N4OS/c1-2-13-26(14-3-1)41-44-42(28-23-22-25-12-4-5-15-27(25)24-28)46-43(45-41)47-32-19-9-6-16-29(32)36-38(47)35-30-17-7-10-20-33(30)48-39(35)37-31-18-8-11-21-34(31)49-40(36)37/h1-24H. The van der Waals surface area contributed by atoms with Crippen molar-refractivity contribution in [3.8, 4) is 28.7 Å². The molecule has 0 bridgehead atoms. The third-order valence-corrected chi connectivity index (χ3v) is 10.8. The molecule has 0 N–H and O–H groups in total. The van der Waals surface area contributed by atoms with Crippen LogP contribution in [0.4, 0.5) is 0 Å². The Kier molecular flexibility index (Phi) is 5.48. The largest absolute Gasteiger partial charge is 0.455 e. The summed E-state index contributed by atoms with van der Waals surface area (Å²) >= 11 is 1.81. The lowest BCUT2D eigenvalue weighted by atomic mass is 10.0. The molecule has 4 aromatic heterocycles. The van der Waals surface area contributed by atoms with Crippen molar-refractivity contribution in [2.45, 2.75) is 0 Å². The van der Waals surface area contributed by atoms with Gasteiger partial charge in [-0.2, -0.15) is 9.97 Å². The zero-order chi connectivity index (χ0) is 32.1. The Morgan fingerprint density at radius 3 is 2.08 bits per heavy atom. The Balaban J connectivity index is 1.34. The molecule has 0 radical (unpaired) electrons. The van der Waals surface area contributed by atoms with E-state index in [2.05, 4.69) is 126 Å². The van der Waals surface area contributed by atoms with Crippen LogP contribution in [0.3, 0.4) is 0 Å². The molecule has 0 saturated carbocycles. The highest BCUT2D eigenvalue weighted by Crippen LogP contribution is 2.50. The predicted molar refractivity (Wildman–Crippen MR) is 203 cm³/mol. The Morgan fingerprint density at radius 1 is 0.510 bits per heavy atom. The lowest BCUT2D eigenvalue weighted by Gasteiger charge is -2.12. The fourth-order valence-corrected chi connectivity index (χ4v) is 8.72. The highest BCUT2D eigenvalue weighted by Gasteiger charge is 2.26. The molecule has 4 heterocycles. The number of rotatable bonds is 3. The lowest BCUT2D eigenvalue weighted by Crippen LogP contribution is -2.06. The summed E-state index contributed by atoms with van der Waals surface area (Å²) in [5, 5.41) is 9.12. The van der Waals surface area contributed by atoms with Crippen molar-refractivity contribution in [3.05, 3.63) is 146 Å². The first-order valence-electron chi connectivity index (χ1n) is 16.3. The van der Waals surface area contributed by atoms with Crippen LogP contribution in [-0.4, -0.2) is 19.5 Å². The summed E-state index contributed by atoms with van der Waals surface area (Å²) in [7, 11) is 0. The maximum absolute atomic E-state index is 6.79. The molecular weight excluding hydrogens is 621 g/mol. The Bertz CT molecular complexity index is 3090. The molecule has 6 heteroatoms. The van der Waals surface area contributed by atoms with Gasteiger partial charge in [0.05, 0.1) is 16.4 Å². The number of aromatic nitrogens is 4. The highest BCUT2D eigenvalue weighted by molar-refractivity contribution is 7.27. The molecule has 5 nitrogen and oxygen atoms in total. The number of furan rings is 1. The van der Waals surface area contributed by atoms with E-state index in [9.17, 15) is 0 Å². The van der Waals surface area contributed by atoms with E-state index in [1.807, 2.05) is 35.6 Å². The molecule has 0 spiro atoms. The molecular formula is C43H24N4OS. The van der Waals surface area contributed by atoms with Crippen LogP contribution in [-0.2, 0) is 0 Å². The first-order chi connectivity index (χ1) is 24.3. The van der Waals surface area contributed by atoms with Crippen LogP contribution in [0.5, 0.6) is 0 Å². The first kappa shape index (κ1) is 26.7. The van der Waals surface area contributed by atoms with Crippen molar-refractivity contribution in [1.82, 2.24) is 19.5 Å². The maximum atomic E-state index is 6.79. The smallest absolute Gasteiger partial charge is 0.238 e. The molecule has 49 heavy (non-hydrogen) atoms. The molecule has 0 fully saturated rings. The van der Waals surface area contributed by atoms with Crippen LogP contribution in [0.2, 0.25) is 0 Å². The third kappa shape index (κ3) is 3.83. The van der Waals surface area contributed by atoms with Gasteiger partial charge in [-0.15, -0.1) is 11.3 Å². The van der Waals surface area contributed by atoms with Crippen LogP contribution in [0, 0.1) is 0 Å². The summed E-state index contributed by atoms with van der Waals surface area (Å²) in [5.74, 6) is 1.81. The summed E-state index contributed by atoms with van der Waals surface area (Å²) in [6, 6.07) is 50.5. The minimum absolute atomic E-state index is 0.565. The van der Waals surface area contributed by atoms with Gasteiger partial charge in [-0.1, -0.05) is 121 Å². The van der Waals surface area contributed by atoms with Crippen LogP contribution < -0.4 is 0 Å². The molecule has 0 aliphatic carbocycles. The van der Waals surface area contributed by atoms with E-state index in [1.54, 1.807) is 0 Å². The van der Waals surface area contributed by atoms with E-state index >= 15 is 0 Å². The fourth-order valence-electron chi connectivity index (χ4n) is 7.46. The number of benzene rings is 7. The minimum Gasteiger partial charge on any atom is -0.455 e. The van der Waals surface area contributed by atoms with Gasteiger partial charge in [0.25, 0.3) is 0 Å². The van der Waals surface area contributed by atoms with Gasteiger partial charge in [0.2, 0.25) is 5.95 Å². The van der Waals surface area contributed by atoms with Crippen molar-refractivity contribution in [1.29, 1.82) is 0 Å². The van der Waals surface area contributed by atoms with Gasteiger partial charge in [-0.05, 0) is 35.0 Å². The van der Waals surface area contributed by atoms with E-state index < -0.39 is 0 Å². The molecule has 11 aromatic rings. The number of fused-ring (bicyclic) bond motifs is 13. The van der Waals surface area contributed by atoms with Gasteiger partial charge in [0.1, 0.15) is 11.2 Å². The van der Waals surface area contributed by atoms with E-state index in [4.69, 9.17) is 19.4 Å². The maximum Gasteiger partial charge on any atom is 0.238 e. The summed E-state index contributed by atoms with van der Waals surface area (Å²) in [5.41, 5.74) is 5.68. The van der Waals surface area contributed by atoms with E-state index in [1.165, 1.54) is 25.6 Å². The molecule has 0 aliphatic heterocycles. The van der Waals surface area contributed by atoms with E-state index in [0.717, 1.165) is 60.3 Å². The number of para-hydroxylation sites is 2. The van der Waals surface area contributed by atoms with Gasteiger partial charge in [0, 0.05) is 47.5 Å². The van der Waals surface area contributed by atoms with Gasteiger partial charge in [0.15, 0.2) is 11.6 Å². The molecule has 11 rings (SSSR count). The highest BCUT2D eigenvalue weighted by atomic mass is 32.1.